The van der Waals surface area contributed by atoms with E-state index >= 15 is 0 Å². The molecule has 1 atom stereocenters. The molecule has 5 heteroatoms. The number of nitrogens with one attached hydrogen (secondary N) is 2. The fourth-order valence-electron chi connectivity index (χ4n) is 2.30. The third-order valence-electron chi connectivity index (χ3n) is 3.87. The van der Waals surface area contributed by atoms with Gasteiger partial charge in [0.05, 0.1) is 6.04 Å². The quantitative estimate of drug-likeness (QED) is 0.892. The topological polar surface area (TPSA) is 71.1 Å². The van der Waals surface area contributed by atoms with Crippen molar-refractivity contribution < 1.29 is 9.59 Å². The number of pyridine rings is 1. The van der Waals surface area contributed by atoms with Gasteiger partial charge in [0.1, 0.15) is 5.69 Å². The third-order valence-corrected chi connectivity index (χ3v) is 3.87. The van der Waals surface area contributed by atoms with Gasteiger partial charge in [0, 0.05) is 17.8 Å². The van der Waals surface area contributed by atoms with E-state index in [9.17, 15) is 9.59 Å². The number of carbonyl (C=O) groups is 2. The molecule has 118 valence electrons. The SMILES string of the molecule is CC(NC(=O)c1ccccn1)c1ccc(NC(=O)C2CC2)cc1. The minimum Gasteiger partial charge on any atom is -0.344 e. The second-order valence-electron chi connectivity index (χ2n) is 5.80. The Morgan fingerprint density at radius 1 is 1.13 bits per heavy atom. The van der Waals surface area contributed by atoms with Crippen molar-refractivity contribution in [2.24, 2.45) is 5.92 Å². The Kier molecular flexibility index (Phi) is 4.37. The van der Waals surface area contributed by atoms with Gasteiger partial charge in [-0.2, -0.15) is 0 Å². The molecule has 1 heterocycles. The van der Waals surface area contributed by atoms with Gasteiger partial charge in [-0.3, -0.25) is 14.6 Å². The molecule has 0 radical (unpaired) electrons. The highest BCUT2D eigenvalue weighted by molar-refractivity contribution is 5.94. The molecule has 0 spiro atoms. The van der Waals surface area contributed by atoms with Crippen LogP contribution in [0.3, 0.4) is 0 Å². The van der Waals surface area contributed by atoms with Crippen LogP contribution in [0.5, 0.6) is 0 Å². The van der Waals surface area contributed by atoms with E-state index < -0.39 is 0 Å². The Labute approximate surface area is 135 Å². The second-order valence-corrected chi connectivity index (χ2v) is 5.80. The van der Waals surface area contributed by atoms with E-state index in [0.29, 0.717) is 5.69 Å². The second kappa shape index (κ2) is 6.60. The number of carbonyl (C=O) groups excluding carboxylic acids is 2. The normalized spacial score (nSPS) is 14.8. The maximum atomic E-state index is 12.1. The molecule has 23 heavy (non-hydrogen) atoms. The minimum absolute atomic E-state index is 0.0919. The fourth-order valence-corrected chi connectivity index (χ4v) is 2.30. The highest BCUT2D eigenvalue weighted by atomic mass is 16.2. The monoisotopic (exact) mass is 309 g/mol. The number of aromatic nitrogens is 1. The van der Waals surface area contributed by atoms with Gasteiger partial charge in [-0.05, 0) is 49.6 Å². The summed E-state index contributed by atoms with van der Waals surface area (Å²) in [6.07, 6.45) is 3.57. The van der Waals surface area contributed by atoms with E-state index in [1.807, 2.05) is 31.2 Å². The molecule has 1 aromatic heterocycles. The average Bonchev–Trinajstić information content (AvgIpc) is 3.41. The number of hydrogen-bond acceptors (Lipinski definition) is 3. The third kappa shape index (κ3) is 3.94. The first-order valence-corrected chi connectivity index (χ1v) is 7.76. The van der Waals surface area contributed by atoms with Crippen molar-refractivity contribution in [3.8, 4) is 0 Å². The first kappa shape index (κ1) is 15.2. The molecule has 5 nitrogen and oxygen atoms in total. The van der Waals surface area contributed by atoms with E-state index in [4.69, 9.17) is 0 Å². The standard InChI is InChI=1S/C18H19N3O2/c1-12(20-18(23)16-4-2-3-11-19-16)13-7-9-15(10-8-13)21-17(22)14-5-6-14/h2-4,7-12,14H,5-6H2,1H3,(H,20,23)(H,21,22). The van der Waals surface area contributed by atoms with E-state index in [0.717, 1.165) is 24.1 Å². The zero-order valence-corrected chi connectivity index (χ0v) is 13.0. The van der Waals surface area contributed by atoms with Crippen LogP contribution in [-0.2, 0) is 4.79 Å². The predicted octanol–water partition coefficient (Wildman–Crippen LogP) is 2.92. The van der Waals surface area contributed by atoms with Crippen molar-refractivity contribution in [3.63, 3.8) is 0 Å². The van der Waals surface area contributed by atoms with Gasteiger partial charge < -0.3 is 10.6 Å². The van der Waals surface area contributed by atoms with Crippen LogP contribution in [0.25, 0.3) is 0 Å². The lowest BCUT2D eigenvalue weighted by atomic mass is 10.1. The number of rotatable bonds is 5. The van der Waals surface area contributed by atoms with Gasteiger partial charge in [0.2, 0.25) is 5.91 Å². The maximum absolute atomic E-state index is 12.1. The van der Waals surface area contributed by atoms with E-state index in [1.165, 1.54) is 0 Å². The van der Waals surface area contributed by atoms with Crippen molar-refractivity contribution in [2.45, 2.75) is 25.8 Å². The molecule has 1 aliphatic rings. The predicted molar refractivity (Wildman–Crippen MR) is 87.9 cm³/mol. The Morgan fingerprint density at radius 2 is 1.87 bits per heavy atom. The van der Waals surface area contributed by atoms with E-state index in [2.05, 4.69) is 15.6 Å². The summed E-state index contributed by atoms with van der Waals surface area (Å²) in [6, 6.07) is 12.6. The molecule has 1 unspecified atom stereocenters. The molecule has 1 fully saturated rings. The molecular formula is C18H19N3O2. The van der Waals surface area contributed by atoms with Crippen LogP contribution < -0.4 is 10.6 Å². The Bertz CT molecular complexity index is 694. The summed E-state index contributed by atoms with van der Waals surface area (Å²) in [5.74, 6) is 0.0738. The van der Waals surface area contributed by atoms with Crippen molar-refractivity contribution in [2.75, 3.05) is 5.32 Å². The molecular weight excluding hydrogens is 290 g/mol. The van der Waals surface area contributed by atoms with Gasteiger partial charge in [-0.25, -0.2) is 0 Å². The van der Waals surface area contributed by atoms with Gasteiger partial charge >= 0.3 is 0 Å². The minimum atomic E-state index is -0.204. The zero-order chi connectivity index (χ0) is 16.2. The molecule has 1 aliphatic carbocycles. The van der Waals surface area contributed by atoms with Gasteiger partial charge in [-0.15, -0.1) is 0 Å². The van der Waals surface area contributed by atoms with Crippen LogP contribution >= 0.6 is 0 Å². The van der Waals surface area contributed by atoms with Crippen LogP contribution in [0.15, 0.2) is 48.7 Å². The van der Waals surface area contributed by atoms with Crippen LogP contribution in [-0.4, -0.2) is 16.8 Å². The number of benzene rings is 1. The summed E-state index contributed by atoms with van der Waals surface area (Å²) in [6.45, 7) is 1.92. The van der Waals surface area contributed by atoms with Crippen molar-refractivity contribution in [1.82, 2.24) is 10.3 Å². The maximum Gasteiger partial charge on any atom is 0.270 e. The van der Waals surface area contributed by atoms with Gasteiger partial charge in [0.15, 0.2) is 0 Å². The molecule has 1 aromatic carbocycles. The lowest BCUT2D eigenvalue weighted by molar-refractivity contribution is -0.117. The largest absolute Gasteiger partial charge is 0.344 e. The van der Waals surface area contributed by atoms with Gasteiger partial charge in [-0.1, -0.05) is 18.2 Å². The lowest BCUT2D eigenvalue weighted by Gasteiger charge is -2.14. The summed E-state index contributed by atoms with van der Waals surface area (Å²) in [5, 5.41) is 5.81. The molecule has 2 amide bonds. The number of anilines is 1. The van der Waals surface area contributed by atoms with Crippen LogP contribution in [0.1, 0.15) is 41.9 Å². The van der Waals surface area contributed by atoms with E-state index in [1.54, 1.807) is 24.4 Å². The summed E-state index contributed by atoms with van der Waals surface area (Å²) in [5.41, 5.74) is 2.15. The van der Waals surface area contributed by atoms with Crippen molar-refractivity contribution in [3.05, 3.63) is 59.9 Å². The Morgan fingerprint density at radius 3 is 2.48 bits per heavy atom. The molecule has 2 aromatic rings. The summed E-state index contributed by atoms with van der Waals surface area (Å²) >= 11 is 0. The smallest absolute Gasteiger partial charge is 0.270 e. The van der Waals surface area contributed by atoms with Crippen LogP contribution in [0.2, 0.25) is 0 Å². The Hall–Kier alpha value is -2.69. The van der Waals surface area contributed by atoms with Crippen molar-refractivity contribution in [1.29, 1.82) is 0 Å². The number of hydrogen-bond donors (Lipinski definition) is 2. The molecule has 0 saturated heterocycles. The fraction of sp³-hybridized carbons (Fsp3) is 0.278. The average molecular weight is 309 g/mol. The summed E-state index contributed by atoms with van der Waals surface area (Å²) in [4.78, 5) is 27.8. The summed E-state index contributed by atoms with van der Waals surface area (Å²) in [7, 11) is 0. The molecule has 1 saturated carbocycles. The van der Waals surface area contributed by atoms with Crippen LogP contribution in [0.4, 0.5) is 5.69 Å². The molecule has 3 rings (SSSR count). The molecule has 0 bridgehead atoms. The van der Waals surface area contributed by atoms with E-state index in [-0.39, 0.29) is 23.8 Å². The first-order valence-electron chi connectivity index (χ1n) is 7.76. The number of nitrogens with zero attached hydrogens (tertiary/aromatic N) is 1. The van der Waals surface area contributed by atoms with Gasteiger partial charge in [0.25, 0.3) is 5.91 Å². The number of amides is 2. The lowest BCUT2D eigenvalue weighted by Crippen LogP contribution is -2.27. The highest BCUT2D eigenvalue weighted by Crippen LogP contribution is 2.30. The first-order chi connectivity index (χ1) is 11.1. The zero-order valence-electron chi connectivity index (χ0n) is 13.0. The highest BCUT2D eigenvalue weighted by Gasteiger charge is 2.29. The van der Waals surface area contributed by atoms with Crippen LogP contribution in [0, 0.1) is 5.92 Å². The Balaban J connectivity index is 1.59. The molecule has 0 aliphatic heterocycles. The summed E-state index contributed by atoms with van der Waals surface area (Å²) < 4.78 is 0. The van der Waals surface area contributed by atoms with Crippen molar-refractivity contribution >= 4 is 17.5 Å². The molecule has 2 N–H and O–H groups in total.